The van der Waals surface area contributed by atoms with Gasteiger partial charge in [0.05, 0.1) is 27.4 Å². The first-order chi connectivity index (χ1) is 14.0. The number of methoxy groups -OCH3 is 1. The second kappa shape index (κ2) is 11.5. The fourth-order valence-electron chi connectivity index (χ4n) is 3.48. The highest BCUT2D eigenvalue weighted by Crippen LogP contribution is 2.27. The number of likely N-dealkylation sites (tertiary alicyclic amines) is 1. The lowest BCUT2D eigenvalue weighted by Crippen LogP contribution is -3.09. The maximum Gasteiger partial charge on any atom is 0.409 e. The minimum absolute atomic E-state index is 0.0231. The SMILES string of the molecule is CCOC(=O)N1CCC(NC(=O)C[NH+](C)Cc2ccc(OCC)c(OC)c2)CC1. The van der Waals surface area contributed by atoms with Crippen molar-refractivity contribution in [2.75, 3.05) is 47.0 Å². The summed E-state index contributed by atoms with van der Waals surface area (Å²) >= 11 is 0. The Hall–Kier alpha value is -2.48. The van der Waals surface area contributed by atoms with Gasteiger partial charge in [0, 0.05) is 24.7 Å². The number of amides is 2. The number of carbonyl (C=O) groups is 2. The molecule has 2 amide bonds. The van der Waals surface area contributed by atoms with E-state index in [9.17, 15) is 9.59 Å². The summed E-state index contributed by atoms with van der Waals surface area (Å²) in [7, 11) is 3.62. The quantitative estimate of drug-likeness (QED) is 0.633. The average Bonchev–Trinajstić information content (AvgIpc) is 2.69. The molecule has 0 aliphatic carbocycles. The molecule has 0 aromatic heterocycles. The number of hydrogen-bond donors (Lipinski definition) is 2. The van der Waals surface area contributed by atoms with Gasteiger partial charge in [0.1, 0.15) is 6.54 Å². The maximum absolute atomic E-state index is 12.4. The molecule has 8 heteroatoms. The summed E-state index contributed by atoms with van der Waals surface area (Å²) in [4.78, 5) is 26.9. The highest BCUT2D eigenvalue weighted by atomic mass is 16.6. The van der Waals surface area contributed by atoms with Crippen LogP contribution in [0.4, 0.5) is 4.79 Å². The van der Waals surface area contributed by atoms with Crippen molar-refractivity contribution in [3.8, 4) is 11.5 Å². The molecule has 1 aliphatic rings. The van der Waals surface area contributed by atoms with Gasteiger partial charge in [-0.25, -0.2) is 4.79 Å². The van der Waals surface area contributed by atoms with Gasteiger partial charge in [0.2, 0.25) is 0 Å². The van der Waals surface area contributed by atoms with Crippen LogP contribution in [-0.4, -0.2) is 69.9 Å². The van der Waals surface area contributed by atoms with E-state index in [-0.39, 0.29) is 18.0 Å². The standard InChI is InChI=1S/C21H33N3O5/c1-5-28-18-8-7-16(13-19(18)27-4)14-23(3)15-20(25)22-17-9-11-24(12-10-17)21(26)29-6-2/h7-8,13,17H,5-6,9-12,14-15H2,1-4H3,(H,22,25)/p+1. The average molecular weight is 409 g/mol. The number of likely N-dealkylation sites (N-methyl/N-ethyl adjacent to an activating group) is 1. The Morgan fingerprint density at radius 1 is 1.17 bits per heavy atom. The van der Waals surface area contributed by atoms with E-state index in [0.717, 1.165) is 29.1 Å². The Kier molecular flexibility index (Phi) is 9.05. The molecule has 1 aromatic rings. The lowest BCUT2D eigenvalue weighted by molar-refractivity contribution is -0.885. The molecule has 1 aliphatic heterocycles. The molecule has 8 nitrogen and oxygen atoms in total. The molecule has 0 bridgehead atoms. The molecule has 2 rings (SSSR count). The molecular formula is C21H34N3O5+. The lowest BCUT2D eigenvalue weighted by atomic mass is 10.1. The summed E-state index contributed by atoms with van der Waals surface area (Å²) in [6.07, 6.45) is 1.23. The predicted octanol–water partition coefficient (Wildman–Crippen LogP) is 0.846. The van der Waals surface area contributed by atoms with Crippen LogP contribution in [0, 0.1) is 0 Å². The Balaban J connectivity index is 1.77. The van der Waals surface area contributed by atoms with Crippen molar-refractivity contribution in [1.82, 2.24) is 10.2 Å². The number of carbonyl (C=O) groups excluding carboxylic acids is 2. The molecule has 1 fully saturated rings. The van der Waals surface area contributed by atoms with Crippen molar-refractivity contribution in [3.05, 3.63) is 23.8 Å². The van der Waals surface area contributed by atoms with Crippen LogP contribution in [0.25, 0.3) is 0 Å². The first kappa shape index (κ1) is 22.8. The van der Waals surface area contributed by atoms with Gasteiger partial charge in [0.25, 0.3) is 5.91 Å². The Labute approximate surface area is 173 Å². The summed E-state index contributed by atoms with van der Waals surface area (Å²) in [5.41, 5.74) is 1.08. The largest absolute Gasteiger partial charge is 0.493 e. The second-order valence-corrected chi connectivity index (χ2v) is 7.26. The van der Waals surface area contributed by atoms with Gasteiger partial charge in [0.15, 0.2) is 18.0 Å². The van der Waals surface area contributed by atoms with Crippen LogP contribution in [0.15, 0.2) is 18.2 Å². The molecule has 2 N–H and O–H groups in total. The van der Waals surface area contributed by atoms with Gasteiger partial charge < -0.3 is 29.3 Å². The van der Waals surface area contributed by atoms with Gasteiger partial charge in [-0.2, -0.15) is 0 Å². The molecule has 1 atom stereocenters. The molecule has 0 saturated carbocycles. The van der Waals surface area contributed by atoms with Gasteiger partial charge >= 0.3 is 6.09 Å². The summed E-state index contributed by atoms with van der Waals surface area (Å²) in [5.74, 6) is 1.45. The van der Waals surface area contributed by atoms with E-state index in [1.54, 1.807) is 18.9 Å². The summed E-state index contributed by atoms with van der Waals surface area (Å²) in [6, 6.07) is 5.96. The number of nitrogens with one attached hydrogen (secondary N) is 2. The molecular weight excluding hydrogens is 374 g/mol. The summed E-state index contributed by atoms with van der Waals surface area (Å²) in [5, 5.41) is 3.09. The highest BCUT2D eigenvalue weighted by molar-refractivity contribution is 5.77. The van der Waals surface area contributed by atoms with Crippen molar-refractivity contribution >= 4 is 12.0 Å². The van der Waals surface area contributed by atoms with Crippen molar-refractivity contribution < 1.29 is 28.7 Å². The fraction of sp³-hybridized carbons (Fsp3) is 0.619. The molecule has 1 aromatic carbocycles. The molecule has 0 radical (unpaired) electrons. The molecule has 29 heavy (non-hydrogen) atoms. The zero-order chi connectivity index (χ0) is 21.2. The predicted molar refractivity (Wildman–Crippen MR) is 109 cm³/mol. The Morgan fingerprint density at radius 2 is 1.90 bits per heavy atom. The second-order valence-electron chi connectivity index (χ2n) is 7.26. The number of rotatable bonds is 9. The number of piperidine rings is 1. The van der Waals surface area contributed by atoms with E-state index in [1.165, 1.54) is 0 Å². The maximum atomic E-state index is 12.4. The van der Waals surface area contributed by atoms with Crippen LogP contribution in [0.3, 0.4) is 0 Å². The van der Waals surface area contributed by atoms with Crippen LogP contribution in [0.5, 0.6) is 11.5 Å². The summed E-state index contributed by atoms with van der Waals surface area (Å²) in [6.45, 7) is 7.00. The lowest BCUT2D eigenvalue weighted by Gasteiger charge is -2.31. The third kappa shape index (κ3) is 7.12. The number of benzene rings is 1. The minimum atomic E-state index is -0.271. The minimum Gasteiger partial charge on any atom is -0.493 e. The van der Waals surface area contributed by atoms with Crippen molar-refractivity contribution in [3.63, 3.8) is 0 Å². The fourth-order valence-corrected chi connectivity index (χ4v) is 3.48. The summed E-state index contributed by atoms with van der Waals surface area (Å²) < 4.78 is 16.0. The normalized spacial score (nSPS) is 15.5. The van der Waals surface area contributed by atoms with Gasteiger partial charge in [-0.15, -0.1) is 0 Å². The zero-order valence-corrected chi connectivity index (χ0v) is 18.0. The van der Waals surface area contributed by atoms with Crippen molar-refractivity contribution in [1.29, 1.82) is 0 Å². The number of nitrogens with zero attached hydrogens (tertiary/aromatic N) is 1. The van der Waals surface area contributed by atoms with Crippen LogP contribution in [0.1, 0.15) is 32.3 Å². The van der Waals surface area contributed by atoms with Gasteiger partial charge in [-0.05, 0) is 44.9 Å². The van der Waals surface area contributed by atoms with E-state index in [1.807, 2.05) is 32.2 Å². The van der Waals surface area contributed by atoms with Crippen molar-refractivity contribution in [2.24, 2.45) is 0 Å². The number of hydrogen-bond acceptors (Lipinski definition) is 5. The Morgan fingerprint density at radius 3 is 2.52 bits per heavy atom. The Bertz CT molecular complexity index is 674. The van der Waals surface area contributed by atoms with Crippen LogP contribution >= 0.6 is 0 Å². The number of ether oxygens (including phenoxy) is 3. The van der Waals surface area contributed by atoms with E-state index in [4.69, 9.17) is 14.2 Å². The van der Waals surface area contributed by atoms with E-state index < -0.39 is 0 Å². The van der Waals surface area contributed by atoms with E-state index >= 15 is 0 Å². The third-order valence-corrected chi connectivity index (χ3v) is 4.88. The number of quaternary nitrogens is 1. The third-order valence-electron chi connectivity index (χ3n) is 4.88. The van der Waals surface area contributed by atoms with Gasteiger partial charge in [-0.3, -0.25) is 4.79 Å². The van der Waals surface area contributed by atoms with E-state index in [0.29, 0.717) is 45.1 Å². The van der Waals surface area contributed by atoms with Crippen LogP contribution in [-0.2, 0) is 16.1 Å². The van der Waals surface area contributed by atoms with E-state index in [2.05, 4.69) is 5.32 Å². The first-order valence-corrected chi connectivity index (χ1v) is 10.3. The molecule has 1 heterocycles. The van der Waals surface area contributed by atoms with Gasteiger partial charge in [-0.1, -0.05) is 0 Å². The molecule has 0 spiro atoms. The van der Waals surface area contributed by atoms with Crippen LogP contribution < -0.4 is 19.7 Å². The topological polar surface area (TPSA) is 81.5 Å². The van der Waals surface area contributed by atoms with Crippen molar-refractivity contribution in [2.45, 2.75) is 39.3 Å². The molecule has 162 valence electrons. The highest BCUT2D eigenvalue weighted by Gasteiger charge is 2.25. The van der Waals surface area contributed by atoms with Crippen LogP contribution in [0.2, 0.25) is 0 Å². The smallest absolute Gasteiger partial charge is 0.409 e. The molecule has 1 saturated heterocycles. The zero-order valence-electron chi connectivity index (χ0n) is 18.0. The monoisotopic (exact) mass is 408 g/mol. The first-order valence-electron chi connectivity index (χ1n) is 10.3. The molecule has 1 unspecified atom stereocenters.